The lowest BCUT2D eigenvalue weighted by Crippen LogP contribution is -2.68. The number of rotatable bonds is 10. The highest BCUT2D eigenvalue weighted by Crippen LogP contribution is 2.40. The van der Waals surface area contributed by atoms with Crippen molar-refractivity contribution >= 4 is 36.4 Å². The minimum absolute atomic E-state index is 0.0452. The molecular weight excluding hydrogens is 569 g/mol. The third kappa shape index (κ3) is 6.82. The van der Waals surface area contributed by atoms with E-state index in [1.807, 2.05) is 66.7 Å². The van der Waals surface area contributed by atoms with E-state index in [0.29, 0.717) is 0 Å². The number of ether oxygens (including phenoxy) is 2. The summed E-state index contributed by atoms with van der Waals surface area (Å²) in [5, 5.41) is 9.81. The van der Waals surface area contributed by atoms with Crippen molar-refractivity contribution in [2.75, 3.05) is 6.61 Å². The number of carbonyl (C=O) groups excluding carboxylic acids is 1. The Kier molecular flexibility index (Phi) is 10.3. The first-order valence-corrected chi connectivity index (χ1v) is 16.4. The topological polar surface area (TPSA) is 142 Å². The van der Waals surface area contributed by atoms with Crippen LogP contribution in [0, 0.1) is 0 Å². The van der Waals surface area contributed by atoms with Gasteiger partial charge in [-0.1, -0.05) is 122 Å². The second-order valence-corrected chi connectivity index (χ2v) is 16.4. The fourth-order valence-electron chi connectivity index (χ4n) is 5.45. The van der Waals surface area contributed by atoms with Gasteiger partial charge in [0, 0.05) is 21.6 Å². The van der Waals surface area contributed by atoms with Gasteiger partial charge in [0.1, 0.15) is 23.6 Å². The van der Waals surface area contributed by atoms with Gasteiger partial charge in [0.15, 0.2) is 0 Å². The number of hydrogen-bond donors (Lipinski definition) is 0. The van der Waals surface area contributed by atoms with Gasteiger partial charge in [0.2, 0.25) is 0 Å². The Morgan fingerprint density at radius 2 is 1.38 bits per heavy atom. The first-order chi connectivity index (χ1) is 20.2. The summed E-state index contributed by atoms with van der Waals surface area (Å²) in [5.74, 6) is -0.590. The van der Waals surface area contributed by atoms with Gasteiger partial charge in [-0.3, -0.25) is 4.79 Å². The van der Waals surface area contributed by atoms with Crippen molar-refractivity contribution in [1.82, 2.24) is 0 Å². The van der Waals surface area contributed by atoms with Crippen LogP contribution in [0.5, 0.6) is 0 Å². The summed E-state index contributed by atoms with van der Waals surface area (Å²) in [6.07, 6.45) is -1.87. The van der Waals surface area contributed by atoms with Crippen LogP contribution in [-0.2, 0) is 18.7 Å². The number of hydrogen-bond acceptors (Lipinski definition) is 7. The number of benzene rings is 3. The highest BCUT2D eigenvalue weighted by molar-refractivity contribution is 7.99. The average Bonchev–Trinajstić information content (AvgIpc) is 2.97. The molecule has 42 heavy (non-hydrogen) atoms. The number of azide groups is 2. The van der Waals surface area contributed by atoms with Crippen molar-refractivity contribution in [2.45, 2.75) is 67.4 Å². The van der Waals surface area contributed by atoms with E-state index in [2.05, 4.69) is 65.1 Å². The maximum atomic E-state index is 12.2. The Labute approximate surface area is 250 Å². The van der Waals surface area contributed by atoms with E-state index in [0.717, 1.165) is 15.3 Å². The van der Waals surface area contributed by atoms with E-state index in [4.69, 9.17) is 13.9 Å². The van der Waals surface area contributed by atoms with E-state index in [9.17, 15) is 15.9 Å². The van der Waals surface area contributed by atoms with E-state index < -0.39 is 44.0 Å². The molecule has 12 heteroatoms. The molecule has 1 fully saturated rings. The summed E-state index contributed by atoms with van der Waals surface area (Å²) < 4.78 is 19.3. The van der Waals surface area contributed by atoms with Gasteiger partial charge in [-0.15, -0.1) is 0 Å². The zero-order valence-electron chi connectivity index (χ0n) is 24.0. The summed E-state index contributed by atoms with van der Waals surface area (Å²) in [6, 6.07) is 27.9. The first-order valence-electron chi connectivity index (χ1n) is 13.6. The van der Waals surface area contributed by atoms with Gasteiger partial charge in [-0.05, 0) is 38.6 Å². The molecule has 218 valence electrons. The molecule has 3 aromatic carbocycles. The normalized spacial score (nSPS) is 22.3. The van der Waals surface area contributed by atoms with Crippen LogP contribution >= 0.6 is 11.8 Å². The van der Waals surface area contributed by atoms with Crippen molar-refractivity contribution < 1.29 is 18.7 Å². The highest BCUT2D eigenvalue weighted by atomic mass is 32.2. The fraction of sp³-hybridized carbons (Fsp3) is 0.367. The standard InChI is InChI=1S/C30H34N6O4SSi/c1-21(37)39-28-26(33-35-31)25(40-29(27(28)34-36-32)41-22-14-8-5-9-15-22)20-38-42(30(2,3)4,23-16-10-6-11-17-23)24-18-12-7-13-19-24/h5-19,25-29H,20H2,1-4H3/t25-,26+,27-,28+,29+/m1/s1. The molecule has 1 saturated heterocycles. The van der Waals surface area contributed by atoms with Gasteiger partial charge in [-0.25, -0.2) is 0 Å². The van der Waals surface area contributed by atoms with Crippen molar-refractivity contribution in [3.63, 3.8) is 0 Å². The quantitative estimate of drug-likeness (QED) is 0.0871. The molecule has 0 bridgehead atoms. The Morgan fingerprint density at radius 3 is 1.86 bits per heavy atom. The lowest BCUT2D eigenvalue weighted by atomic mass is 9.96. The molecule has 3 aromatic rings. The van der Waals surface area contributed by atoms with Crippen molar-refractivity contribution in [3.05, 3.63) is 112 Å². The first kappa shape index (κ1) is 31.2. The lowest BCUT2D eigenvalue weighted by molar-refractivity contribution is -0.162. The number of nitrogens with zero attached hydrogens (tertiary/aromatic N) is 6. The summed E-state index contributed by atoms with van der Waals surface area (Å²) >= 11 is 1.34. The zero-order chi connectivity index (χ0) is 30.2. The number of carbonyl (C=O) groups is 1. The molecular formula is C30H34N6O4SSi. The smallest absolute Gasteiger partial charge is 0.302 e. The van der Waals surface area contributed by atoms with Crippen LogP contribution in [0.3, 0.4) is 0 Å². The third-order valence-corrected chi connectivity index (χ3v) is 13.4. The van der Waals surface area contributed by atoms with Gasteiger partial charge in [0.05, 0.1) is 12.7 Å². The fourth-order valence-corrected chi connectivity index (χ4v) is 11.1. The molecule has 0 radical (unpaired) electrons. The molecule has 4 rings (SSSR count). The number of thioether (sulfide) groups is 1. The molecule has 1 heterocycles. The van der Waals surface area contributed by atoms with E-state index >= 15 is 0 Å². The van der Waals surface area contributed by atoms with Gasteiger partial charge in [-0.2, -0.15) is 0 Å². The van der Waals surface area contributed by atoms with Crippen LogP contribution in [-0.4, -0.2) is 50.6 Å². The van der Waals surface area contributed by atoms with Gasteiger partial charge >= 0.3 is 5.97 Å². The largest absolute Gasteiger partial charge is 0.461 e. The van der Waals surface area contributed by atoms with Crippen LogP contribution in [0.1, 0.15) is 27.7 Å². The summed E-state index contributed by atoms with van der Waals surface area (Å²) in [5.41, 5.74) is 18.2. The summed E-state index contributed by atoms with van der Waals surface area (Å²) in [7, 11) is -2.98. The molecule has 0 N–H and O–H groups in total. The molecule has 5 atom stereocenters. The van der Waals surface area contributed by atoms with Crippen LogP contribution in [0.25, 0.3) is 20.9 Å². The van der Waals surface area contributed by atoms with Crippen LogP contribution in [0.2, 0.25) is 5.04 Å². The van der Waals surface area contributed by atoms with E-state index in [1.165, 1.54) is 18.7 Å². The molecule has 0 aromatic heterocycles. The van der Waals surface area contributed by atoms with Gasteiger partial charge < -0.3 is 13.9 Å². The maximum absolute atomic E-state index is 12.2. The Hall–Kier alpha value is -3.76. The molecule has 1 aliphatic heterocycles. The molecule has 10 nitrogen and oxygen atoms in total. The Bertz CT molecular complexity index is 1390. The molecule has 0 saturated carbocycles. The second-order valence-electron chi connectivity index (χ2n) is 10.9. The van der Waals surface area contributed by atoms with Crippen molar-refractivity contribution in [3.8, 4) is 0 Å². The van der Waals surface area contributed by atoms with Crippen LogP contribution in [0.15, 0.2) is 106 Å². The van der Waals surface area contributed by atoms with Gasteiger partial charge in [0.25, 0.3) is 8.32 Å². The van der Waals surface area contributed by atoms with Crippen LogP contribution in [0.4, 0.5) is 0 Å². The summed E-state index contributed by atoms with van der Waals surface area (Å²) in [6.45, 7) is 7.81. The molecule has 0 unspecified atom stereocenters. The maximum Gasteiger partial charge on any atom is 0.302 e. The second kappa shape index (κ2) is 13.9. The Morgan fingerprint density at radius 1 is 0.881 bits per heavy atom. The van der Waals surface area contributed by atoms with Crippen LogP contribution < -0.4 is 10.4 Å². The van der Waals surface area contributed by atoms with Crippen molar-refractivity contribution in [2.24, 2.45) is 10.2 Å². The predicted octanol–water partition coefficient (Wildman–Crippen LogP) is 6.37. The lowest BCUT2D eigenvalue weighted by Gasteiger charge is -2.46. The monoisotopic (exact) mass is 602 g/mol. The molecule has 0 aliphatic carbocycles. The Balaban J connectivity index is 1.80. The highest BCUT2D eigenvalue weighted by Gasteiger charge is 2.53. The minimum atomic E-state index is -2.98. The molecule has 0 spiro atoms. The average molecular weight is 603 g/mol. The SMILES string of the molecule is CC(=O)O[C@H]1[C@@H](N=[N+]=[N-])[C@@H](CO[Si](c2ccccc2)(c2ccccc2)C(C)(C)C)O[C@@H](Sc2ccccc2)[C@@H]1N=[N+]=[N-]. The zero-order valence-corrected chi connectivity index (χ0v) is 25.8. The minimum Gasteiger partial charge on any atom is -0.461 e. The number of esters is 1. The molecule has 1 aliphatic rings. The van der Waals surface area contributed by atoms with E-state index in [1.54, 1.807) is 0 Å². The summed E-state index contributed by atoms with van der Waals surface area (Å²) in [4.78, 5) is 19.2. The van der Waals surface area contributed by atoms with E-state index in [-0.39, 0.29) is 11.6 Å². The molecule has 0 amide bonds. The third-order valence-electron chi connectivity index (χ3n) is 7.19. The predicted molar refractivity (Wildman–Crippen MR) is 166 cm³/mol. The van der Waals surface area contributed by atoms with Crippen molar-refractivity contribution in [1.29, 1.82) is 0 Å².